The zero-order valence-corrected chi connectivity index (χ0v) is 22.0. The van der Waals surface area contributed by atoms with Crippen LogP contribution in [0.2, 0.25) is 0 Å². The van der Waals surface area contributed by atoms with E-state index in [9.17, 15) is 30.7 Å². The number of halogens is 7. The fraction of sp³-hybridized carbons (Fsp3) is 0.444. The summed E-state index contributed by atoms with van der Waals surface area (Å²) < 4.78 is 106. The van der Waals surface area contributed by atoms with Gasteiger partial charge >= 0.3 is 12.4 Å². The number of imidazole rings is 1. The van der Waals surface area contributed by atoms with Gasteiger partial charge in [-0.3, -0.25) is 4.90 Å². The molecule has 1 saturated heterocycles. The Bertz CT molecular complexity index is 1240. The van der Waals surface area contributed by atoms with Crippen molar-refractivity contribution in [3.8, 4) is 0 Å². The van der Waals surface area contributed by atoms with Gasteiger partial charge in [0, 0.05) is 19.6 Å². The number of rotatable bonds is 8. The van der Waals surface area contributed by atoms with E-state index < -0.39 is 47.7 Å². The lowest BCUT2D eigenvalue weighted by Crippen LogP contribution is -2.46. The molecule has 0 bridgehead atoms. The van der Waals surface area contributed by atoms with E-state index in [1.165, 1.54) is 19.1 Å². The fourth-order valence-electron chi connectivity index (χ4n) is 4.63. The van der Waals surface area contributed by atoms with Gasteiger partial charge in [0.05, 0.1) is 47.6 Å². The molecule has 2 unspecified atom stereocenters. The molecule has 3 aromatic rings. The average molecular weight is 575 g/mol. The van der Waals surface area contributed by atoms with Crippen LogP contribution in [0.5, 0.6) is 0 Å². The molecule has 13 heteroatoms. The van der Waals surface area contributed by atoms with Crippen LogP contribution < -0.4 is 0 Å². The molecule has 0 saturated carbocycles. The van der Waals surface area contributed by atoms with Crippen molar-refractivity contribution in [2.24, 2.45) is 0 Å². The highest BCUT2D eigenvalue weighted by atomic mass is 19.4. The number of H-pyrrole nitrogens is 1. The summed E-state index contributed by atoms with van der Waals surface area (Å²) in [5, 5.41) is 0. The normalized spacial score (nSPS) is 19.8. The molecule has 2 heterocycles. The van der Waals surface area contributed by atoms with E-state index in [1.807, 2.05) is 23.9 Å². The van der Waals surface area contributed by atoms with Gasteiger partial charge in [0.15, 0.2) is 6.29 Å². The number of alkyl halides is 6. The number of nitrogens with one attached hydrogen (secondary N) is 1. The average Bonchev–Trinajstić information content (AvgIpc) is 3.29. The molecule has 218 valence electrons. The lowest BCUT2D eigenvalue weighted by molar-refractivity contribution is -0.231. The van der Waals surface area contributed by atoms with Gasteiger partial charge in [-0.05, 0) is 62.5 Å². The molecule has 1 fully saturated rings. The number of benzene rings is 2. The standard InChI is InChI=1S/C27H29F7N4O2/c1-16(18-10-19(26(29,30)31)12-20(11-18)27(32,33)34)40-25-24(17-4-6-21(28)7-5-17)38(8-9-39-25)14-23-22(13-37(2)3)35-15-36-23/h4-7,10-12,15-16,24-25H,8-9,13-14H2,1-3H3,(H,35,36)/t16-,24?,25?/m1/s1. The third kappa shape index (κ3) is 7.19. The SMILES string of the molecule is C[C@@H](OC1OCCN(Cc2nc[nH]c2CN(C)C)C1c1ccc(F)cc1)c1cc(C(F)(F)F)cc(C(F)(F)F)c1. The minimum Gasteiger partial charge on any atom is -0.349 e. The molecule has 0 aliphatic carbocycles. The number of aromatic nitrogens is 2. The number of ether oxygens (including phenoxy) is 2. The summed E-state index contributed by atoms with van der Waals surface area (Å²) in [7, 11) is 3.81. The molecule has 40 heavy (non-hydrogen) atoms. The van der Waals surface area contributed by atoms with Gasteiger partial charge in [-0.2, -0.15) is 26.3 Å². The largest absolute Gasteiger partial charge is 0.416 e. The van der Waals surface area contributed by atoms with Gasteiger partial charge in [0.2, 0.25) is 0 Å². The Kier molecular flexibility index (Phi) is 8.88. The van der Waals surface area contributed by atoms with Gasteiger partial charge < -0.3 is 19.4 Å². The molecule has 1 N–H and O–H groups in total. The maximum atomic E-state index is 13.7. The molecule has 0 radical (unpaired) electrons. The number of nitrogens with zero attached hydrogens (tertiary/aromatic N) is 3. The Labute approximate surface area is 226 Å². The lowest BCUT2D eigenvalue weighted by atomic mass is 10.0. The monoisotopic (exact) mass is 574 g/mol. The molecule has 0 amide bonds. The smallest absolute Gasteiger partial charge is 0.349 e. The quantitative estimate of drug-likeness (QED) is 0.319. The molecule has 1 aliphatic heterocycles. The molecular weight excluding hydrogens is 545 g/mol. The third-order valence-corrected chi connectivity index (χ3v) is 6.58. The predicted molar refractivity (Wildman–Crippen MR) is 131 cm³/mol. The van der Waals surface area contributed by atoms with Crippen molar-refractivity contribution < 1.29 is 40.2 Å². The van der Waals surface area contributed by atoms with Crippen LogP contribution in [0.1, 0.15) is 52.7 Å². The summed E-state index contributed by atoms with van der Waals surface area (Å²) in [4.78, 5) is 11.5. The lowest BCUT2D eigenvalue weighted by Gasteiger charge is -2.42. The predicted octanol–water partition coefficient (Wildman–Crippen LogP) is 6.33. The zero-order chi connectivity index (χ0) is 29.2. The third-order valence-electron chi connectivity index (χ3n) is 6.58. The van der Waals surface area contributed by atoms with Crippen LogP contribution in [-0.4, -0.2) is 53.3 Å². The Morgan fingerprint density at radius 3 is 2.25 bits per heavy atom. The second kappa shape index (κ2) is 11.9. The summed E-state index contributed by atoms with van der Waals surface area (Å²) in [6.07, 6.45) is -10.7. The van der Waals surface area contributed by atoms with E-state index in [1.54, 1.807) is 18.5 Å². The van der Waals surface area contributed by atoms with E-state index >= 15 is 0 Å². The maximum Gasteiger partial charge on any atom is 0.416 e. The summed E-state index contributed by atoms with van der Waals surface area (Å²) in [6, 6.07) is 6.31. The first kappa shape index (κ1) is 30.0. The first-order valence-corrected chi connectivity index (χ1v) is 12.4. The van der Waals surface area contributed by atoms with Gasteiger partial charge in [-0.25, -0.2) is 9.37 Å². The van der Waals surface area contributed by atoms with Gasteiger partial charge in [0.1, 0.15) is 5.82 Å². The molecule has 3 atom stereocenters. The van der Waals surface area contributed by atoms with E-state index in [4.69, 9.17) is 9.47 Å². The van der Waals surface area contributed by atoms with E-state index in [0.717, 1.165) is 11.4 Å². The van der Waals surface area contributed by atoms with Crippen LogP contribution in [0.25, 0.3) is 0 Å². The molecule has 2 aromatic carbocycles. The van der Waals surface area contributed by atoms with Crippen LogP contribution >= 0.6 is 0 Å². The van der Waals surface area contributed by atoms with Crippen molar-refractivity contribution in [1.82, 2.24) is 19.8 Å². The highest BCUT2D eigenvalue weighted by Gasteiger charge is 2.39. The number of aromatic amines is 1. The number of hydrogen-bond donors (Lipinski definition) is 1. The Morgan fingerprint density at radius 2 is 1.68 bits per heavy atom. The molecule has 6 nitrogen and oxygen atoms in total. The van der Waals surface area contributed by atoms with Crippen LogP contribution in [0.4, 0.5) is 30.7 Å². The van der Waals surface area contributed by atoms with Gasteiger partial charge in [-0.1, -0.05) is 12.1 Å². The van der Waals surface area contributed by atoms with Gasteiger partial charge in [-0.15, -0.1) is 0 Å². The molecule has 4 rings (SSSR count). The summed E-state index contributed by atoms with van der Waals surface area (Å²) >= 11 is 0. The Balaban J connectivity index is 1.66. The van der Waals surface area contributed by atoms with E-state index in [-0.39, 0.29) is 18.2 Å². The highest BCUT2D eigenvalue weighted by molar-refractivity contribution is 5.35. The maximum absolute atomic E-state index is 13.7. The van der Waals surface area contributed by atoms with Crippen molar-refractivity contribution in [3.05, 3.63) is 88.3 Å². The van der Waals surface area contributed by atoms with E-state index in [2.05, 4.69) is 9.97 Å². The van der Waals surface area contributed by atoms with Crippen LogP contribution in [-0.2, 0) is 34.9 Å². The zero-order valence-electron chi connectivity index (χ0n) is 22.0. The minimum atomic E-state index is -4.99. The van der Waals surface area contributed by atoms with Crippen LogP contribution in [0, 0.1) is 5.82 Å². The van der Waals surface area contributed by atoms with Crippen molar-refractivity contribution in [3.63, 3.8) is 0 Å². The summed E-state index contributed by atoms with van der Waals surface area (Å²) in [5.41, 5.74) is -0.933. The first-order chi connectivity index (χ1) is 18.7. The van der Waals surface area contributed by atoms with Crippen LogP contribution in [0.3, 0.4) is 0 Å². The van der Waals surface area contributed by atoms with Crippen molar-refractivity contribution in [2.45, 2.75) is 50.8 Å². The second-order valence-electron chi connectivity index (χ2n) is 9.89. The van der Waals surface area contributed by atoms with Crippen molar-refractivity contribution in [1.29, 1.82) is 0 Å². The molecular formula is C27H29F7N4O2. The van der Waals surface area contributed by atoms with Gasteiger partial charge in [0.25, 0.3) is 0 Å². The van der Waals surface area contributed by atoms with Crippen LogP contribution in [0.15, 0.2) is 48.8 Å². The summed E-state index contributed by atoms with van der Waals surface area (Å²) in [5.74, 6) is -0.470. The second-order valence-corrected chi connectivity index (χ2v) is 9.89. The minimum absolute atomic E-state index is 0.0750. The Morgan fingerprint density at radius 1 is 1.05 bits per heavy atom. The van der Waals surface area contributed by atoms with E-state index in [0.29, 0.717) is 37.3 Å². The summed E-state index contributed by atoms with van der Waals surface area (Å²) in [6.45, 7) is 2.90. The number of morpholine rings is 1. The highest BCUT2D eigenvalue weighted by Crippen LogP contribution is 2.40. The number of hydrogen-bond acceptors (Lipinski definition) is 5. The first-order valence-electron chi connectivity index (χ1n) is 12.4. The van der Waals surface area contributed by atoms with Crippen molar-refractivity contribution in [2.75, 3.05) is 27.2 Å². The topological polar surface area (TPSA) is 53.6 Å². The fourth-order valence-corrected chi connectivity index (χ4v) is 4.63. The Hall–Kier alpha value is -3.00. The van der Waals surface area contributed by atoms with Crippen molar-refractivity contribution >= 4 is 0 Å². The molecule has 1 aromatic heterocycles. The molecule has 0 spiro atoms. The molecule has 1 aliphatic rings.